The number of carbonyl (C=O) groups is 2. The summed E-state index contributed by atoms with van der Waals surface area (Å²) in [5.41, 5.74) is 5.85. The van der Waals surface area contributed by atoms with Crippen LogP contribution in [-0.2, 0) is 4.79 Å². The Kier molecular flexibility index (Phi) is 5.78. The SMILES string of the molecule is CN(CC(=O)NC1CCC(N)CC1)C(=O)c1ccc(Br)s1. The van der Waals surface area contributed by atoms with Crippen molar-refractivity contribution in [1.29, 1.82) is 0 Å². The number of amides is 2. The lowest BCUT2D eigenvalue weighted by Gasteiger charge is -2.27. The van der Waals surface area contributed by atoms with E-state index in [4.69, 9.17) is 5.73 Å². The molecule has 3 N–H and O–H groups in total. The first-order valence-electron chi connectivity index (χ1n) is 7.01. The number of likely N-dealkylation sites (N-methyl/N-ethyl adjacent to an activating group) is 1. The van der Waals surface area contributed by atoms with Crippen molar-refractivity contribution in [2.24, 2.45) is 5.73 Å². The Morgan fingerprint density at radius 3 is 2.62 bits per heavy atom. The average molecular weight is 374 g/mol. The number of thiophene rings is 1. The van der Waals surface area contributed by atoms with E-state index in [0.29, 0.717) is 4.88 Å². The van der Waals surface area contributed by atoms with Crippen LogP contribution in [0.4, 0.5) is 0 Å². The summed E-state index contributed by atoms with van der Waals surface area (Å²) in [6.07, 6.45) is 3.73. The Labute approximate surface area is 137 Å². The summed E-state index contributed by atoms with van der Waals surface area (Å²) in [4.78, 5) is 26.2. The molecule has 7 heteroatoms. The van der Waals surface area contributed by atoms with Gasteiger partial charge in [0.2, 0.25) is 5.91 Å². The maximum absolute atomic E-state index is 12.1. The Bertz CT molecular complexity index is 512. The fraction of sp³-hybridized carbons (Fsp3) is 0.571. The van der Waals surface area contributed by atoms with Gasteiger partial charge in [-0.05, 0) is 53.7 Å². The molecule has 0 aliphatic heterocycles. The van der Waals surface area contributed by atoms with Gasteiger partial charge in [-0.25, -0.2) is 0 Å². The third-order valence-corrected chi connectivity index (χ3v) is 5.26. The average Bonchev–Trinajstić information content (AvgIpc) is 2.87. The molecule has 1 aliphatic rings. The molecule has 1 aromatic heterocycles. The lowest BCUT2D eigenvalue weighted by molar-refractivity contribution is -0.122. The second-order valence-corrected chi connectivity index (χ2v) is 7.91. The van der Waals surface area contributed by atoms with Crippen molar-refractivity contribution in [2.45, 2.75) is 37.8 Å². The minimum absolute atomic E-state index is 0.0803. The molecule has 116 valence electrons. The molecule has 0 spiro atoms. The normalized spacial score (nSPS) is 21.9. The molecule has 1 saturated carbocycles. The second-order valence-electron chi connectivity index (χ2n) is 5.44. The first-order valence-corrected chi connectivity index (χ1v) is 8.62. The Hall–Kier alpha value is -0.920. The monoisotopic (exact) mass is 373 g/mol. The predicted molar refractivity (Wildman–Crippen MR) is 87.4 cm³/mol. The zero-order valence-electron chi connectivity index (χ0n) is 12.0. The van der Waals surface area contributed by atoms with E-state index >= 15 is 0 Å². The summed E-state index contributed by atoms with van der Waals surface area (Å²) in [6, 6.07) is 4.04. The largest absolute Gasteiger partial charge is 0.352 e. The number of hydrogen-bond donors (Lipinski definition) is 2. The van der Waals surface area contributed by atoms with Crippen LogP contribution in [0.25, 0.3) is 0 Å². The molecule has 1 aromatic rings. The second kappa shape index (κ2) is 7.38. The molecule has 0 radical (unpaired) electrons. The minimum atomic E-state index is -0.133. The van der Waals surface area contributed by atoms with E-state index in [2.05, 4.69) is 21.2 Å². The third-order valence-electron chi connectivity index (χ3n) is 3.65. The Morgan fingerprint density at radius 2 is 2.05 bits per heavy atom. The van der Waals surface area contributed by atoms with Crippen molar-refractivity contribution >= 4 is 39.1 Å². The standard InChI is InChI=1S/C14H20BrN3O2S/c1-18(14(20)11-6-7-12(15)21-11)8-13(19)17-10-4-2-9(16)3-5-10/h6-7,9-10H,2-5,8,16H2,1H3,(H,17,19). The summed E-state index contributed by atoms with van der Waals surface area (Å²) in [7, 11) is 1.65. The summed E-state index contributed by atoms with van der Waals surface area (Å²) in [5.74, 6) is -0.242. The molecule has 0 bridgehead atoms. The van der Waals surface area contributed by atoms with Crippen molar-refractivity contribution in [2.75, 3.05) is 13.6 Å². The van der Waals surface area contributed by atoms with Crippen molar-refractivity contribution in [1.82, 2.24) is 10.2 Å². The summed E-state index contributed by atoms with van der Waals surface area (Å²) in [6.45, 7) is 0.0803. The van der Waals surface area contributed by atoms with Gasteiger partial charge in [0, 0.05) is 19.1 Å². The van der Waals surface area contributed by atoms with Crippen LogP contribution >= 0.6 is 27.3 Å². The molecule has 0 saturated heterocycles. The summed E-state index contributed by atoms with van der Waals surface area (Å²) < 4.78 is 0.905. The maximum Gasteiger partial charge on any atom is 0.264 e. The molecule has 21 heavy (non-hydrogen) atoms. The molecule has 1 fully saturated rings. The Balaban J connectivity index is 1.80. The summed E-state index contributed by atoms with van der Waals surface area (Å²) in [5, 5.41) is 2.99. The lowest BCUT2D eigenvalue weighted by atomic mass is 9.92. The van der Waals surface area contributed by atoms with Crippen molar-refractivity contribution in [3.8, 4) is 0 Å². The molecule has 0 atom stereocenters. The van der Waals surface area contributed by atoms with Crippen LogP contribution in [0.15, 0.2) is 15.9 Å². The quantitative estimate of drug-likeness (QED) is 0.846. The van der Waals surface area contributed by atoms with Gasteiger partial charge in [-0.15, -0.1) is 11.3 Å². The van der Waals surface area contributed by atoms with Crippen LogP contribution < -0.4 is 11.1 Å². The number of carbonyl (C=O) groups excluding carboxylic acids is 2. The van der Waals surface area contributed by atoms with Gasteiger partial charge >= 0.3 is 0 Å². The zero-order valence-corrected chi connectivity index (χ0v) is 14.4. The number of nitrogens with zero attached hydrogens (tertiary/aromatic N) is 1. The van der Waals surface area contributed by atoms with Crippen molar-refractivity contribution in [3.05, 3.63) is 20.8 Å². The number of hydrogen-bond acceptors (Lipinski definition) is 4. The maximum atomic E-state index is 12.1. The number of nitrogens with two attached hydrogens (primary N) is 1. The first-order chi connectivity index (χ1) is 9.95. The fourth-order valence-electron chi connectivity index (χ4n) is 2.44. The van der Waals surface area contributed by atoms with E-state index in [1.54, 1.807) is 13.1 Å². The number of rotatable bonds is 4. The highest BCUT2D eigenvalue weighted by Crippen LogP contribution is 2.23. The van der Waals surface area contributed by atoms with Gasteiger partial charge in [0.05, 0.1) is 15.2 Å². The molecular weight excluding hydrogens is 354 g/mol. The van der Waals surface area contributed by atoms with Crippen LogP contribution in [0, 0.1) is 0 Å². The number of halogens is 1. The van der Waals surface area contributed by atoms with Gasteiger partial charge in [-0.1, -0.05) is 0 Å². The van der Waals surface area contributed by atoms with E-state index in [0.717, 1.165) is 29.5 Å². The van der Waals surface area contributed by atoms with E-state index in [9.17, 15) is 9.59 Å². The topological polar surface area (TPSA) is 75.4 Å². The van der Waals surface area contributed by atoms with Crippen LogP contribution in [0.2, 0.25) is 0 Å². The fourth-order valence-corrected chi connectivity index (χ4v) is 3.82. The van der Waals surface area contributed by atoms with E-state index < -0.39 is 0 Å². The van der Waals surface area contributed by atoms with Gasteiger partial charge in [0.1, 0.15) is 0 Å². The van der Waals surface area contributed by atoms with Gasteiger partial charge in [-0.2, -0.15) is 0 Å². The lowest BCUT2D eigenvalue weighted by Crippen LogP contribution is -2.45. The number of nitrogens with one attached hydrogen (secondary N) is 1. The van der Waals surface area contributed by atoms with E-state index in [-0.39, 0.29) is 30.4 Å². The Morgan fingerprint density at radius 1 is 1.38 bits per heavy atom. The highest BCUT2D eigenvalue weighted by Gasteiger charge is 2.22. The molecule has 2 amide bonds. The van der Waals surface area contributed by atoms with E-state index in [1.807, 2.05) is 6.07 Å². The highest BCUT2D eigenvalue weighted by molar-refractivity contribution is 9.11. The van der Waals surface area contributed by atoms with Gasteiger partial charge in [-0.3, -0.25) is 9.59 Å². The molecular formula is C14H20BrN3O2S. The molecule has 5 nitrogen and oxygen atoms in total. The van der Waals surface area contributed by atoms with Gasteiger partial charge < -0.3 is 16.0 Å². The van der Waals surface area contributed by atoms with E-state index in [1.165, 1.54) is 16.2 Å². The third kappa shape index (κ3) is 4.79. The molecule has 0 aromatic carbocycles. The molecule has 2 rings (SSSR count). The highest BCUT2D eigenvalue weighted by atomic mass is 79.9. The predicted octanol–water partition coefficient (Wildman–Crippen LogP) is 1.97. The molecule has 0 unspecified atom stereocenters. The van der Waals surface area contributed by atoms with Crippen LogP contribution in [0.3, 0.4) is 0 Å². The molecule has 1 aliphatic carbocycles. The van der Waals surface area contributed by atoms with Crippen LogP contribution in [0.5, 0.6) is 0 Å². The smallest absolute Gasteiger partial charge is 0.264 e. The first kappa shape index (κ1) is 16.5. The van der Waals surface area contributed by atoms with Crippen LogP contribution in [-0.4, -0.2) is 42.4 Å². The van der Waals surface area contributed by atoms with Gasteiger partial charge in [0.25, 0.3) is 5.91 Å². The van der Waals surface area contributed by atoms with Crippen LogP contribution in [0.1, 0.15) is 35.4 Å². The zero-order chi connectivity index (χ0) is 15.4. The van der Waals surface area contributed by atoms with Crippen molar-refractivity contribution in [3.63, 3.8) is 0 Å². The van der Waals surface area contributed by atoms with Gasteiger partial charge in [0.15, 0.2) is 0 Å². The summed E-state index contributed by atoms with van der Waals surface area (Å²) >= 11 is 4.70. The molecule has 1 heterocycles. The van der Waals surface area contributed by atoms with Crippen molar-refractivity contribution < 1.29 is 9.59 Å². The minimum Gasteiger partial charge on any atom is -0.352 e.